The molecule has 0 saturated carbocycles. The third-order valence-electron chi connectivity index (χ3n) is 3.97. The van der Waals surface area contributed by atoms with Crippen LogP contribution in [-0.4, -0.2) is 23.1 Å². The minimum Gasteiger partial charge on any atom is -0.733 e. The lowest BCUT2D eigenvalue weighted by Crippen LogP contribution is -2.19. The molecule has 0 bridgehead atoms. The van der Waals surface area contributed by atoms with Crippen LogP contribution in [0.2, 0.25) is 5.02 Å². The van der Waals surface area contributed by atoms with Crippen molar-refractivity contribution in [3.63, 3.8) is 0 Å². The highest BCUT2D eigenvalue weighted by atomic mass is 35.5. The van der Waals surface area contributed by atoms with Crippen LogP contribution in [0.15, 0.2) is 41.2 Å². The number of nitrogens with zero attached hydrogens (tertiary/aromatic N) is 1. The van der Waals surface area contributed by atoms with Gasteiger partial charge in [0.25, 0.3) is 0 Å². The van der Waals surface area contributed by atoms with E-state index in [1.54, 1.807) is 24.3 Å². The summed E-state index contributed by atoms with van der Waals surface area (Å²) in [6, 6.07) is 9.32. The highest BCUT2D eigenvalue weighted by molar-refractivity contribution is 6.32. The smallest absolute Gasteiger partial charge is 0.202 e. The van der Waals surface area contributed by atoms with E-state index >= 15 is 0 Å². The van der Waals surface area contributed by atoms with Gasteiger partial charge in [0.2, 0.25) is 5.43 Å². The lowest BCUT2D eigenvalue weighted by Gasteiger charge is -2.24. The van der Waals surface area contributed by atoms with E-state index in [1.807, 2.05) is 0 Å². The number of nitrogens with one attached hydrogen (secondary N) is 2. The van der Waals surface area contributed by atoms with Gasteiger partial charge in [0.05, 0.1) is 23.7 Å². The number of carbonyl (C=O) groups is 1. The molecule has 27 heavy (non-hydrogen) atoms. The topological polar surface area (TPSA) is 118 Å². The van der Waals surface area contributed by atoms with E-state index in [-0.39, 0.29) is 33.0 Å². The number of ketones is 1. The van der Waals surface area contributed by atoms with Gasteiger partial charge in [0.15, 0.2) is 5.78 Å². The third kappa shape index (κ3) is 3.59. The Labute approximate surface area is 158 Å². The molecule has 9 heteroatoms. The molecular weight excluding hydrogens is 374 g/mol. The van der Waals surface area contributed by atoms with Crippen LogP contribution in [0.5, 0.6) is 5.75 Å². The number of anilines is 3. The number of methoxy groups -OCH3 is 1. The van der Waals surface area contributed by atoms with E-state index < -0.39 is 16.4 Å². The summed E-state index contributed by atoms with van der Waals surface area (Å²) in [6.07, 6.45) is 0. The summed E-state index contributed by atoms with van der Waals surface area (Å²) >= 11 is 5.93. The molecule has 2 aromatic carbocycles. The summed E-state index contributed by atoms with van der Waals surface area (Å²) in [4.78, 5) is 27.8. The molecule has 0 fully saturated rings. The summed E-state index contributed by atoms with van der Waals surface area (Å²) in [7, 11) is 1.54. The van der Waals surface area contributed by atoms with Crippen molar-refractivity contribution in [2.75, 3.05) is 17.7 Å². The second kappa shape index (κ2) is 7.28. The Balaban J connectivity index is 2.25. The zero-order chi connectivity index (χ0) is 19.7. The third-order valence-corrected chi connectivity index (χ3v) is 4.19. The van der Waals surface area contributed by atoms with Crippen molar-refractivity contribution >= 4 is 45.5 Å². The number of halogens is 1. The fourth-order valence-corrected chi connectivity index (χ4v) is 2.95. The number of carbonyl (C=O) groups excluding carboxylic acids is 1. The lowest BCUT2D eigenvalue weighted by atomic mass is 10.1. The van der Waals surface area contributed by atoms with Crippen molar-refractivity contribution in [3.8, 4) is 5.75 Å². The van der Waals surface area contributed by atoms with Gasteiger partial charge >= 0.3 is 0 Å². The first-order chi connectivity index (χ1) is 12.8. The second-order valence-corrected chi connectivity index (χ2v) is 6.17. The Bertz CT molecular complexity index is 1080. The van der Waals surface area contributed by atoms with Crippen LogP contribution in [0.4, 0.5) is 17.2 Å². The Hall–Kier alpha value is -3.07. The van der Waals surface area contributed by atoms with Crippen LogP contribution in [0, 0.1) is 5.21 Å². The first-order valence-corrected chi connectivity index (χ1v) is 8.17. The quantitative estimate of drug-likeness (QED) is 0.449. The fourth-order valence-electron chi connectivity index (χ4n) is 2.74. The zero-order valence-corrected chi connectivity index (χ0v) is 15.1. The van der Waals surface area contributed by atoms with Crippen LogP contribution in [-0.2, 0) is 0 Å². The number of H-pyrrole nitrogens is 1. The van der Waals surface area contributed by atoms with Crippen molar-refractivity contribution in [1.82, 2.24) is 4.98 Å². The molecule has 0 spiro atoms. The summed E-state index contributed by atoms with van der Waals surface area (Å²) < 4.78 is 5.09. The molecule has 3 N–H and O–H groups in total. The number of Topliss-reactive ketones (excluding diaryl/α,β-unsaturated/α-hetero) is 1. The molecule has 0 aliphatic rings. The van der Waals surface area contributed by atoms with E-state index in [2.05, 4.69) is 10.3 Å². The van der Waals surface area contributed by atoms with Crippen LogP contribution >= 0.6 is 11.6 Å². The number of hydrogen-bond donors (Lipinski definition) is 3. The highest BCUT2D eigenvalue weighted by Gasteiger charge is 2.19. The van der Waals surface area contributed by atoms with Gasteiger partial charge in [-0.15, -0.1) is 0 Å². The molecule has 3 rings (SSSR count). The summed E-state index contributed by atoms with van der Waals surface area (Å²) in [5.74, 6) is 0.257. The maximum atomic E-state index is 12.8. The molecule has 0 atom stereocenters. The molecule has 0 aliphatic carbocycles. The summed E-state index contributed by atoms with van der Waals surface area (Å²) in [6.45, 7) is 1.26. The molecule has 0 amide bonds. The highest BCUT2D eigenvalue weighted by Crippen LogP contribution is 2.30. The van der Waals surface area contributed by atoms with Crippen LogP contribution in [0.1, 0.15) is 17.3 Å². The molecule has 1 aromatic heterocycles. The van der Waals surface area contributed by atoms with Crippen LogP contribution in [0.3, 0.4) is 0 Å². The molecule has 0 saturated heterocycles. The molecule has 8 nitrogen and oxygen atoms in total. The summed E-state index contributed by atoms with van der Waals surface area (Å²) in [5.41, 5.74) is -0.364. The van der Waals surface area contributed by atoms with Gasteiger partial charge < -0.3 is 25.5 Å². The van der Waals surface area contributed by atoms with Crippen molar-refractivity contribution in [1.29, 1.82) is 0 Å². The normalized spacial score (nSPS) is 10.7. The van der Waals surface area contributed by atoms with Gasteiger partial charge in [-0.25, -0.2) is 0 Å². The molecule has 0 aliphatic heterocycles. The van der Waals surface area contributed by atoms with Gasteiger partial charge in [0, 0.05) is 10.7 Å². The van der Waals surface area contributed by atoms with E-state index in [4.69, 9.17) is 16.3 Å². The van der Waals surface area contributed by atoms with Gasteiger partial charge in [-0.2, -0.15) is 0 Å². The van der Waals surface area contributed by atoms with E-state index in [0.29, 0.717) is 11.4 Å². The zero-order valence-electron chi connectivity index (χ0n) is 14.4. The van der Waals surface area contributed by atoms with Crippen molar-refractivity contribution < 1.29 is 14.7 Å². The molecule has 140 valence electrons. The van der Waals surface area contributed by atoms with Crippen molar-refractivity contribution in [2.24, 2.45) is 0 Å². The minimum absolute atomic E-state index is 0.0119. The number of ether oxygens (including phenoxy) is 1. The lowest BCUT2D eigenvalue weighted by molar-refractivity contribution is 0.101. The Morgan fingerprint density at radius 1 is 1.30 bits per heavy atom. The Kier molecular flexibility index (Phi) is 5.04. The van der Waals surface area contributed by atoms with Crippen LogP contribution < -0.4 is 20.7 Å². The van der Waals surface area contributed by atoms with Crippen LogP contribution in [0.25, 0.3) is 10.9 Å². The number of hydrogen-bond acceptors (Lipinski definition) is 7. The average Bonchev–Trinajstić information content (AvgIpc) is 2.62. The second-order valence-electron chi connectivity index (χ2n) is 5.73. The van der Waals surface area contributed by atoms with Crippen molar-refractivity contribution in [2.45, 2.75) is 6.92 Å². The Morgan fingerprint density at radius 2 is 1.96 bits per heavy atom. The van der Waals surface area contributed by atoms with E-state index in [9.17, 15) is 20.0 Å². The standard InChI is InChI=1S/C18H15ClN3O5/c1-9(23)15-17(24)13-7-10(19)8-14(22(25)26)16(13)21-18(15)20-11-3-5-12(27-2)6-4-11/h3-8,25H,1-2H3,(H2,20,21,24)/q-1. The largest absolute Gasteiger partial charge is 0.733 e. The number of pyridine rings is 1. The average molecular weight is 389 g/mol. The molecule has 0 radical (unpaired) electrons. The first kappa shape index (κ1) is 18.7. The summed E-state index contributed by atoms with van der Waals surface area (Å²) in [5, 5.41) is 23.5. The minimum atomic E-state index is -0.613. The predicted molar refractivity (Wildman–Crippen MR) is 103 cm³/mol. The van der Waals surface area contributed by atoms with Gasteiger partial charge in [-0.05, 0) is 43.3 Å². The number of aromatic nitrogens is 1. The molecule has 3 aromatic rings. The van der Waals surface area contributed by atoms with Crippen molar-refractivity contribution in [3.05, 3.63) is 62.4 Å². The fraction of sp³-hybridized carbons (Fsp3) is 0.111. The number of benzene rings is 2. The number of rotatable bonds is 5. The van der Waals surface area contributed by atoms with Gasteiger partial charge in [0.1, 0.15) is 17.1 Å². The predicted octanol–water partition coefficient (Wildman–Crippen LogP) is 3.83. The maximum absolute atomic E-state index is 12.8. The van der Waals surface area contributed by atoms with Gasteiger partial charge in [-0.3, -0.25) is 14.8 Å². The number of fused-ring (bicyclic) bond motifs is 1. The molecule has 1 heterocycles. The van der Waals surface area contributed by atoms with E-state index in [0.717, 1.165) is 0 Å². The van der Waals surface area contributed by atoms with E-state index in [1.165, 1.54) is 26.2 Å². The first-order valence-electron chi connectivity index (χ1n) is 7.79. The Morgan fingerprint density at radius 3 is 2.52 bits per heavy atom. The molecule has 0 unspecified atom stereocenters. The molecular formula is C18H15ClN3O5-. The monoisotopic (exact) mass is 388 g/mol. The SMILES string of the molecule is COc1ccc(Nc2[nH]c3c(N([O-])O)cc(Cl)cc3c(=O)c2C(C)=O)cc1. The maximum Gasteiger partial charge on any atom is 0.202 e. The number of aromatic amines is 1. The van der Waals surface area contributed by atoms with Gasteiger partial charge in [-0.1, -0.05) is 11.6 Å².